The number of rotatable bonds is 11. The molecule has 0 aliphatic heterocycles. The van der Waals surface area contributed by atoms with Crippen LogP contribution in [0.5, 0.6) is 11.5 Å². The third-order valence-corrected chi connectivity index (χ3v) is 5.82. The minimum absolute atomic E-state index is 0.0991. The topological polar surface area (TPSA) is 129 Å². The summed E-state index contributed by atoms with van der Waals surface area (Å²) in [6.07, 6.45) is 1.61. The van der Waals surface area contributed by atoms with Crippen LogP contribution in [0.25, 0.3) is 0 Å². The van der Waals surface area contributed by atoms with Gasteiger partial charge >= 0.3 is 0 Å². The van der Waals surface area contributed by atoms with E-state index in [1.54, 1.807) is 37.6 Å². The van der Waals surface area contributed by atoms with E-state index in [0.29, 0.717) is 28.9 Å². The van der Waals surface area contributed by atoms with E-state index in [0.717, 1.165) is 22.9 Å². The van der Waals surface area contributed by atoms with Gasteiger partial charge in [0.1, 0.15) is 18.1 Å². The SMILES string of the molecule is COc1cccc(NC(=O)CSc2nnc(N/N=C/c3ccccc3OCc3ccccc3)n2N)c1. The van der Waals surface area contributed by atoms with E-state index in [4.69, 9.17) is 15.3 Å². The summed E-state index contributed by atoms with van der Waals surface area (Å²) < 4.78 is 12.3. The molecule has 0 spiro atoms. The Balaban J connectivity index is 1.30. The molecule has 4 aromatic rings. The molecule has 0 atom stereocenters. The molecule has 0 aliphatic carbocycles. The van der Waals surface area contributed by atoms with Crippen molar-refractivity contribution in [2.75, 3.05) is 29.4 Å². The van der Waals surface area contributed by atoms with Crippen molar-refractivity contribution < 1.29 is 14.3 Å². The van der Waals surface area contributed by atoms with Gasteiger partial charge < -0.3 is 20.6 Å². The number of anilines is 2. The largest absolute Gasteiger partial charge is 0.497 e. The zero-order valence-corrected chi connectivity index (χ0v) is 20.3. The summed E-state index contributed by atoms with van der Waals surface area (Å²) in [5.74, 6) is 7.53. The average molecular weight is 504 g/mol. The molecule has 0 bridgehead atoms. The molecule has 0 unspecified atom stereocenters. The van der Waals surface area contributed by atoms with Gasteiger partial charge in [-0.05, 0) is 29.8 Å². The Morgan fingerprint density at radius 3 is 2.72 bits per heavy atom. The lowest BCUT2D eigenvalue weighted by molar-refractivity contribution is -0.113. The standard InChI is InChI=1S/C25H25N7O3S/c1-34-21-12-7-11-20(14-21)28-23(33)17-36-25-31-30-24(32(25)26)29-27-15-19-10-5-6-13-22(19)35-16-18-8-3-2-4-9-18/h2-15H,16-17,26H2,1H3,(H,28,33)(H,29,30)/b27-15+. The number of nitrogens with two attached hydrogens (primary N) is 1. The maximum atomic E-state index is 12.3. The Hall–Kier alpha value is -4.51. The van der Waals surface area contributed by atoms with E-state index in [1.165, 1.54) is 4.68 Å². The highest BCUT2D eigenvalue weighted by atomic mass is 32.2. The van der Waals surface area contributed by atoms with E-state index in [1.807, 2.05) is 54.6 Å². The van der Waals surface area contributed by atoms with Crippen LogP contribution in [0, 0.1) is 0 Å². The van der Waals surface area contributed by atoms with Crippen LogP contribution in [0.4, 0.5) is 11.6 Å². The minimum Gasteiger partial charge on any atom is -0.497 e. The van der Waals surface area contributed by atoms with Crippen molar-refractivity contribution in [3.63, 3.8) is 0 Å². The van der Waals surface area contributed by atoms with E-state index in [9.17, 15) is 4.79 Å². The van der Waals surface area contributed by atoms with Crippen molar-refractivity contribution in [2.24, 2.45) is 5.10 Å². The van der Waals surface area contributed by atoms with E-state index < -0.39 is 0 Å². The van der Waals surface area contributed by atoms with Gasteiger partial charge in [-0.2, -0.15) is 5.10 Å². The van der Waals surface area contributed by atoms with Gasteiger partial charge in [-0.1, -0.05) is 60.3 Å². The lowest BCUT2D eigenvalue weighted by atomic mass is 10.2. The highest BCUT2D eigenvalue weighted by Crippen LogP contribution is 2.20. The second kappa shape index (κ2) is 12.3. The first-order valence-electron chi connectivity index (χ1n) is 10.9. The third kappa shape index (κ3) is 6.76. The number of para-hydroxylation sites is 1. The average Bonchev–Trinajstić information content (AvgIpc) is 3.26. The lowest BCUT2D eigenvalue weighted by Crippen LogP contribution is -2.16. The van der Waals surface area contributed by atoms with Crippen LogP contribution < -0.4 is 26.1 Å². The van der Waals surface area contributed by atoms with Crippen LogP contribution in [0.1, 0.15) is 11.1 Å². The first-order chi connectivity index (χ1) is 17.6. The van der Waals surface area contributed by atoms with Crippen LogP contribution in [0.2, 0.25) is 0 Å². The molecule has 1 heterocycles. The first-order valence-corrected chi connectivity index (χ1v) is 11.9. The molecule has 0 saturated heterocycles. The van der Waals surface area contributed by atoms with Crippen LogP contribution in [-0.2, 0) is 11.4 Å². The summed E-state index contributed by atoms with van der Waals surface area (Å²) in [7, 11) is 1.57. The van der Waals surface area contributed by atoms with Crippen molar-refractivity contribution in [3.05, 3.63) is 90.0 Å². The fourth-order valence-electron chi connectivity index (χ4n) is 3.09. The molecule has 0 aliphatic rings. The summed E-state index contributed by atoms with van der Waals surface area (Å²) in [5.41, 5.74) is 5.27. The number of ether oxygens (including phenoxy) is 2. The molecular weight excluding hydrogens is 478 g/mol. The second-order valence-electron chi connectivity index (χ2n) is 7.43. The van der Waals surface area contributed by atoms with Gasteiger partial charge in [0.2, 0.25) is 11.1 Å². The molecule has 0 fully saturated rings. The molecule has 0 radical (unpaired) electrons. The number of carbonyl (C=O) groups is 1. The van der Waals surface area contributed by atoms with E-state index in [-0.39, 0.29) is 17.6 Å². The van der Waals surface area contributed by atoms with Gasteiger partial charge in [0.05, 0.1) is 19.1 Å². The highest BCUT2D eigenvalue weighted by Gasteiger charge is 2.12. The molecule has 36 heavy (non-hydrogen) atoms. The number of hydrogen-bond donors (Lipinski definition) is 3. The predicted molar refractivity (Wildman–Crippen MR) is 141 cm³/mol. The number of hydrazone groups is 1. The first kappa shape index (κ1) is 24.6. The number of nitrogens with zero attached hydrogens (tertiary/aromatic N) is 4. The van der Waals surface area contributed by atoms with Crippen LogP contribution in [-0.4, -0.2) is 39.9 Å². The van der Waals surface area contributed by atoms with Crippen molar-refractivity contribution in [1.29, 1.82) is 0 Å². The fourth-order valence-corrected chi connectivity index (χ4v) is 3.75. The molecule has 11 heteroatoms. The number of carbonyl (C=O) groups excluding carboxylic acids is 1. The summed E-state index contributed by atoms with van der Waals surface area (Å²) >= 11 is 1.15. The van der Waals surface area contributed by atoms with Crippen molar-refractivity contribution >= 4 is 35.5 Å². The molecule has 0 saturated carbocycles. The zero-order chi connectivity index (χ0) is 25.2. The maximum Gasteiger partial charge on any atom is 0.264 e. The normalized spacial score (nSPS) is 10.8. The number of amides is 1. The Labute approximate surface area is 212 Å². The lowest BCUT2D eigenvalue weighted by Gasteiger charge is -2.09. The fraction of sp³-hybridized carbons (Fsp3) is 0.120. The van der Waals surface area contributed by atoms with Gasteiger partial charge in [-0.15, -0.1) is 10.2 Å². The van der Waals surface area contributed by atoms with E-state index >= 15 is 0 Å². The number of nitrogen functional groups attached to an aromatic ring is 1. The highest BCUT2D eigenvalue weighted by molar-refractivity contribution is 7.99. The van der Waals surface area contributed by atoms with Crippen LogP contribution in [0.3, 0.4) is 0 Å². The van der Waals surface area contributed by atoms with Gasteiger partial charge in [-0.3, -0.25) is 4.79 Å². The molecule has 4 N–H and O–H groups in total. The number of benzene rings is 3. The van der Waals surface area contributed by atoms with Gasteiger partial charge in [0.25, 0.3) is 5.95 Å². The second-order valence-corrected chi connectivity index (χ2v) is 8.37. The quantitative estimate of drug-likeness (QED) is 0.122. The summed E-state index contributed by atoms with van der Waals surface area (Å²) in [6.45, 7) is 0.447. The Kier molecular flexibility index (Phi) is 8.39. The van der Waals surface area contributed by atoms with Crippen molar-refractivity contribution in [2.45, 2.75) is 11.8 Å². The smallest absolute Gasteiger partial charge is 0.264 e. The zero-order valence-electron chi connectivity index (χ0n) is 19.5. The molecule has 4 rings (SSSR count). The van der Waals surface area contributed by atoms with Gasteiger partial charge in [0, 0.05) is 17.3 Å². The third-order valence-electron chi connectivity index (χ3n) is 4.87. The van der Waals surface area contributed by atoms with Gasteiger partial charge in [-0.25, -0.2) is 10.1 Å². The van der Waals surface area contributed by atoms with Gasteiger partial charge in [0.15, 0.2) is 0 Å². The molecule has 1 amide bonds. The Morgan fingerprint density at radius 1 is 1.08 bits per heavy atom. The minimum atomic E-state index is -0.212. The summed E-state index contributed by atoms with van der Waals surface area (Å²) in [6, 6.07) is 24.6. The molecule has 3 aromatic carbocycles. The summed E-state index contributed by atoms with van der Waals surface area (Å²) in [5, 5.41) is 15.4. The molecule has 10 nitrogen and oxygen atoms in total. The number of nitrogens with one attached hydrogen (secondary N) is 2. The Bertz CT molecular complexity index is 1330. The number of hydrogen-bond acceptors (Lipinski definition) is 9. The number of methoxy groups -OCH3 is 1. The van der Waals surface area contributed by atoms with Crippen molar-refractivity contribution in [1.82, 2.24) is 14.9 Å². The number of aromatic nitrogens is 3. The molecular formula is C25H25N7O3S. The van der Waals surface area contributed by atoms with Crippen molar-refractivity contribution in [3.8, 4) is 11.5 Å². The molecule has 184 valence electrons. The van der Waals surface area contributed by atoms with Crippen LogP contribution in [0.15, 0.2) is 89.1 Å². The predicted octanol–water partition coefficient (Wildman–Crippen LogP) is 3.76. The van der Waals surface area contributed by atoms with E-state index in [2.05, 4.69) is 26.0 Å². The molecule has 1 aromatic heterocycles. The Morgan fingerprint density at radius 2 is 1.89 bits per heavy atom. The monoisotopic (exact) mass is 503 g/mol. The van der Waals surface area contributed by atoms with Crippen LogP contribution >= 0.6 is 11.8 Å². The number of thioether (sulfide) groups is 1. The maximum absolute atomic E-state index is 12.3. The summed E-state index contributed by atoms with van der Waals surface area (Å²) in [4.78, 5) is 12.3.